The number of nitrogens with zero attached hydrogens (tertiary/aromatic N) is 1. The normalized spacial score (nSPS) is 22.3. The SMILES string of the molecule is Cc1nc2c(o1)C(CN)CCC2. The molecule has 1 aromatic heterocycles. The van der Waals surface area contributed by atoms with Crippen LogP contribution in [0, 0.1) is 6.92 Å². The lowest BCUT2D eigenvalue weighted by molar-refractivity contribution is 0.406. The lowest BCUT2D eigenvalue weighted by Crippen LogP contribution is -2.17. The maximum absolute atomic E-state index is 5.64. The van der Waals surface area contributed by atoms with E-state index in [1.54, 1.807) is 0 Å². The van der Waals surface area contributed by atoms with Gasteiger partial charge >= 0.3 is 0 Å². The molecule has 0 saturated carbocycles. The summed E-state index contributed by atoms with van der Waals surface area (Å²) in [5.41, 5.74) is 6.77. The minimum Gasteiger partial charge on any atom is -0.445 e. The average Bonchev–Trinajstić information content (AvgIpc) is 2.44. The molecule has 1 unspecified atom stereocenters. The van der Waals surface area contributed by atoms with Crippen LogP contribution >= 0.6 is 0 Å². The van der Waals surface area contributed by atoms with E-state index in [1.165, 1.54) is 6.42 Å². The van der Waals surface area contributed by atoms with Gasteiger partial charge in [-0.2, -0.15) is 0 Å². The smallest absolute Gasteiger partial charge is 0.191 e. The molecule has 12 heavy (non-hydrogen) atoms. The number of hydrogen-bond donors (Lipinski definition) is 1. The van der Waals surface area contributed by atoms with Crippen LogP contribution in [0.15, 0.2) is 4.42 Å². The van der Waals surface area contributed by atoms with Gasteiger partial charge in [0.25, 0.3) is 0 Å². The Kier molecular flexibility index (Phi) is 1.89. The highest BCUT2D eigenvalue weighted by Crippen LogP contribution is 2.30. The summed E-state index contributed by atoms with van der Waals surface area (Å²) < 4.78 is 5.52. The van der Waals surface area contributed by atoms with E-state index >= 15 is 0 Å². The van der Waals surface area contributed by atoms with Crippen molar-refractivity contribution in [2.45, 2.75) is 32.1 Å². The van der Waals surface area contributed by atoms with Crippen molar-refractivity contribution in [3.63, 3.8) is 0 Å². The van der Waals surface area contributed by atoms with Crippen LogP contribution in [-0.4, -0.2) is 11.5 Å². The predicted octanol–water partition coefficient (Wildman–Crippen LogP) is 1.36. The monoisotopic (exact) mass is 166 g/mol. The van der Waals surface area contributed by atoms with Crippen molar-refractivity contribution in [3.8, 4) is 0 Å². The van der Waals surface area contributed by atoms with Crippen LogP contribution in [0.25, 0.3) is 0 Å². The summed E-state index contributed by atoms with van der Waals surface area (Å²) in [6.07, 6.45) is 3.40. The summed E-state index contributed by atoms with van der Waals surface area (Å²) in [6.45, 7) is 2.58. The second-order valence-corrected chi connectivity index (χ2v) is 3.37. The highest BCUT2D eigenvalue weighted by molar-refractivity contribution is 5.18. The molecule has 0 spiro atoms. The van der Waals surface area contributed by atoms with Crippen LogP contribution in [0.2, 0.25) is 0 Å². The Morgan fingerprint density at radius 2 is 2.50 bits per heavy atom. The number of oxazole rings is 1. The summed E-state index contributed by atoms with van der Waals surface area (Å²) in [7, 11) is 0. The minimum atomic E-state index is 0.412. The Hall–Kier alpha value is -0.830. The van der Waals surface area contributed by atoms with Gasteiger partial charge in [0, 0.05) is 19.4 Å². The number of nitrogens with two attached hydrogens (primary N) is 1. The topological polar surface area (TPSA) is 52.0 Å². The molecule has 2 rings (SSSR count). The van der Waals surface area contributed by atoms with Crippen molar-refractivity contribution in [3.05, 3.63) is 17.3 Å². The molecule has 0 bridgehead atoms. The quantitative estimate of drug-likeness (QED) is 0.685. The van der Waals surface area contributed by atoms with Crippen molar-refractivity contribution in [2.24, 2.45) is 5.73 Å². The molecule has 1 aliphatic carbocycles. The zero-order chi connectivity index (χ0) is 8.55. The number of aryl methyl sites for hydroxylation is 2. The molecule has 1 atom stereocenters. The summed E-state index contributed by atoms with van der Waals surface area (Å²) in [4.78, 5) is 4.33. The van der Waals surface area contributed by atoms with Gasteiger partial charge in [0.1, 0.15) is 5.76 Å². The minimum absolute atomic E-state index is 0.412. The summed E-state index contributed by atoms with van der Waals surface area (Å²) in [5.74, 6) is 2.23. The Balaban J connectivity index is 2.36. The number of rotatable bonds is 1. The van der Waals surface area contributed by atoms with E-state index in [0.717, 1.165) is 30.2 Å². The van der Waals surface area contributed by atoms with Crippen LogP contribution < -0.4 is 5.73 Å². The third-order valence-corrected chi connectivity index (χ3v) is 2.46. The van der Waals surface area contributed by atoms with Crippen molar-refractivity contribution in [2.75, 3.05) is 6.54 Å². The Morgan fingerprint density at radius 3 is 3.25 bits per heavy atom. The maximum Gasteiger partial charge on any atom is 0.191 e. The molecule has 0 aromatic carbocycles. The van der Waals surface area contributed by atoms with Crippen LogP contribution in [0.1, 0.15) is 36.1 Å². The average molecular weight is 166 g/mol. The van der Waals surface area contributed by atoms with Crippen LogP contribution in [0.4, 0.5) is 0 Å². The predicted molar refractivity (Wildman–Crippen MR) is 46.0 cm³/mol. The van der Waals surface area contributed by atoms with Gasteiger partial charge in [-0.05, 0) is 19.3 Å². The molecular formula is C9H14N2O. The molecule has 0 aliphatic heterocycles. The standard InChI is InChI=1S/C9H14N2O/c1-6-11-8-4-2-3-7(5-10)9(8)12-6/h7H,2-5,10H2,1H3. The third kappa shape index (κ3) is 1.14. The second-order valence-electron chi connectivity index (χ2n) is 3.37. The van der Waals surface area contributed by atoms with Gasteiger partial charge in [-0.15, -0.1) is 0 Å². The van der Waals surface area contributed by atoms with E-state index in [-0.39, 0.29) is 0 Å². The molecule has 0 radical (unpaired) electrons. The molecule has 0 amide bonds. The molecule has 1 heterocycles. The number of hydrogen-bond acceptors (Lipinski definition) is 3. The van der Waals surface area contributed by atoms with E-state index in [9.17, 15) is 0 Å². The molecule has 1 aliphatic rings. The van der Waals surface area contributed by atoms with Crippen molar-refractivity contribution in [1.29, 1.82) is 0 Å². The Labute approximate surface area is 72.0 Å². The van der Waals surface area contributed by atoms with Gasteiger partial charge < -0.3 is 10.2 Å². The first kappa shape index (κ1) is 7.80. The lowest BCUT2D eigenvalue weighted by Gasteiger charge is -2.17. The van der Waals surface area contributed by atoms with Crippen molar-refractivity contribution in [1.82, 2.24) is 4.98 Å². The highest BCUT2D eigenvalue weighted by Gasteiger charge is 2.24. The molecule has 1 aromatic rings. The van der Waals surface area contributed by atoms with E-state index < -0.39 is 0 Å². The molecule has 0 saturated heterocycles. The zero-order valence-electron chi connectivity index (χ0n) is 7.34. The number of fused-ring (bicyclic) bond motifs is 1. The van der Waals surface area contributed by atoms with E-state index in [2.05, 4.69) is 4.98 Å². The van der Waals surface area contributed by atoms with Gasteiger partial charge in [-0.1, -0.05) is 0 Å². The molecule has 0 fully saturated rings. The maximum atomic E-state index is 5.64. The van der Waals surface area contributed by atoms with Gasteiger partial charge in [0.15, 0.2) is 5.89 Å². The highest BCUT2D eigenvalue weighted by atomic mass is 16.4. The summed E-state index contributed by atoms with van der Waals surface area (Å²) in [6, 6.07) is 0. The first-order valence-electron chi connectivity index (χ1n) is 4.47. The third-order valence-electron chi connectivity index (χ3n) is 2.46. The van der Waals surface area contributed by atoms with Gasteiger partial charge in [0.05, 0.1) is 5.69 Å². The van der Waals surface area contributed by atoms with Gasteiger partial charge in [-0.3, -0.25) is 0 Å². The summed E-state index contributed by atoms with van der Waals surface area (Å²) >= 11 is 0. The van der Waals surface area contributed by atoms with Crippen LogP contribution in [0.5, 0.6) is 0 Å². The van der Waals surface area contributed by atoms with E-state index in [1.807, 2.05) is 6.92 Å². The van der Waals surface area contributed by atoms with Crippen LogP contribution in [-0.2, 0) is 6.42 Å². The largest absolute Gasteiger partial charge is 0.445 e. The van der Waals surface area contributed by atoms with Crippen LogP contribution in [0.3, 0.4) is 0 Å². The van der Waals surface area contributed by atoms with Gasteiger partial charge in [0.2, 0.25) is 0 Å². The summed E-state index contributed by atoms with van der Waals surface area (Å²) in [5, 5.41) is 0. The fourth-order valence-corrected chi connectivity index (χ4v) is 1.86. The zero-order valence-corrected chi connectivity index (χ0v) is 7.34. The Morgan fingerprint density at radius 1 is 1.67 bits per heavy atom. The fraction of sp³-hybridized carbons (Fsp3) is 0.667. The van der Waals surface area contributed by atoms with Crippen molar-refractivity contribution >= 4 is 0 Å². The van der Waals surface area contributed by atoms with Crippen molar-refractivity contribution < 1.29 is 4.42 Å². The van der Waals surface area contributed by atoms with E-state index in [0.29, 0.717) is 12.5 Å². The van der Waals surface area contributed by atoms with Gasteiger partial charge in [-0.25, -0.2) is 4.98 Å². The molecule has 3 heteroatoms. The Bertz CT molecular complexity index is 280. The molecule has 3 nitrogen and oxygen atoms in total. The first-order chi connectivity index (χ1) is 5.81. The first-order valence-corrected chi connectivity index (χ1v) is 4.47. The second kappa shape index (κ2) is 2.90. The number of aromatic nitrogens is 1. The lowest BCUT2D eigenvalue weighted by atomic mass is 9.91. The fourth-order valence-electron chi connectivity index (χ4n) is 1.86. The molecule has 2 N–H and O–H groups in total. The van der Waals surface area contributed by atoms with E-state index in [4.69, 9.17) is 10.2 Å². The molecule has 66 valence electrons. The molecular weight excluding hydrogens is 152 g/mol.